The van der Waals surface area contributed by atoms with Crippen LogP contribution in [0.15, 0.2) is 70.4 Å². The van der Waals surface area contributed by atoms with Crippen LogP contribution in [0.25, 0.3) is 27.8 Å². The molecule has 7 rings (SSSR count). The zero-order valence-electron chi connectivity index (χ0n) is 27.4. The number of benzene rings is 2. The lowest BCUT2D eigenvalue weighted by Crippen LogP contribution is -2.43. The highest BCUT2D eigenvalue weighted by Gasteiger charge is 2.27. The summed E-state index contributed by atoms with van der Waals surface area (Å²) in [6.07, 6.45) is 6.11. The van der Waals surface area contributed by atoms with Gasteiger partial charge in [0.15, 0.2) is 5.65 Å². The standard InChI is InChI=1S/C37H41FN6O4/c1-24-18-29(40-41(24)2)9-6-25-7-10-30(11-8-25)44-36(46)34-21-28(38)22-39-35(34)43(37(44)47)31-5-3-4-26(19-31)33-13-12-32(45)20-27(33)23-42-14-16-48-17-15-42/h3-5,12-13,18-22,25,30,45H,6-11,14-17,23H2,1-2H3. The molecule has 11 heteroatoms. The number of morpholine rings is 1. The minimum atomic E-state index is -0.629. The number of fused-ring (bicyclic) bond motifs is 1. The van der Waals surface area contributed by atoms with Crippen molar-refractivity contribution in [2.75, 3.05) is 26.3 Å². The molecule has 1 aliphatic carbocycles. The van der Waals surface area contributed by atoms with Gasteiger partial charge in [-0.3, -0.25) is 18.9 Å². The Morgan fingerprint density at radius 3 is 2.54 bits per heavy atom. The smallest absolute Gasteiger partial charge is 0.337 e. The van der Waals surface area contributed by atoms with Gasteiger partial charge in [-0.2, -0.15) is 5.10 Å². The first-order valence-electron chi connectivity index (χ1n) is 16.8. The number of aromatic hydroxyl groups is 1. The van der Waals surface area contributed by atoms with E-state index in [1.807, 2.05) is 49.0 Å². The summed E-state index contributed by atoms with van der Waals surface area (Å²) < 4.78 is 24.7. The average Bonchev–Trinajstić information content (AvgIpc) is 3.41. The van der Waals surface area contributed by atoms with E-state index in [4.69, 9.17) is 4.74 Å². The lowest BCUT2D eigenvalue weighted by molar-refractivity contribution is 0.0342. The van der Waals surface area contributed by atoms with Gasteiger partial charge in [0.1, 0.15) is 11.6 Å². The van der Waals surface area contributed by atoms with Gasteiger partial charge in [0, 0.05) is 38.4 Å². The number of halogens is 1. The van der Waals surface area contributed by atoms with E-state index in [-0.39, 0.29) is 22.8 Å². The Morgan fingerprint density at radius 1 is 1.00 bits per heavy atom. The summed E-state index contributed by atoms with van der Waals surface area (Å²) in [7, 11) is 1.95. The maximum atomic E-state index is 14.5. The minimum absolute atomic E-state index is 0.0743. The number of aromatic nitrogens is 5. The molecule has 1 N–H and O–H groups in total. The first-order chi connectivity index (χ1) is 23.2. The predicted molar refractivity (Wildman–Crippen MR) is 182 cm³/mol. The number of phenols is 1. The molecule has 0 unspecified atom stereocenters. The SMILES string of the molecule is Cc1cc(CCC2CCC(n3c(=O)c4cc(F)cnc4n(-c4cccc(-c5ccc(O)cc5CN5CCOCC5)c4)c3=O)CC2)nn1C. The lowest BCUT2D eigenvalue weighted by Gasteiger charge is -2.30. The number of hydrogen-bond acceptors (Lipinski definition) is 7. The largest absolute Gasteiger partial charge is 0.508 e. The van der Waals surface area contributed by atoms with Crippen LogP contribution in [0.5, 0.6) is 5.75 Å². The molecule has 2 aliphatic rings. The van der Waals surface area contributed by atoms with E-state index in [1.54, 1.807) is 12.1 Å². The average molecular weight is 653 g/mol. The van der Waals surface area contributed by atoms with Crippen molar-refractivity contribution < 1.29 is 14.2 Å². The van der Waals surface area contributed by atoms with E-state index in [9.17, 15) is 19.1 Å². The van der Waals surface area contributed by atoms with Crippen LogP contribution in [0.3, 0.4) is 0 Å². The number of phenolic OH excluding ortho intramolecular Hbond substituents is 1. The zero-order chi connectivity index (χ0) is 33.4. The number of ether oxygens (including phenoxy) is 1. The summed E-state index contributed by atoms with van der Waals surface area (Å²) in [6, 6.07) is 15.9. The van der Waals surface area contributed by atoms with Gasteiger partial charge < -0.3 is 9.84 Å². The molecule has 0 radical (unpaired) electrons. The van der Waals surface area contributed by atoms with Crippen LogP contribution in [-0.4, -0.2) is 60.2 Å². The fraction of sp³-hybridized carbons (Fsp3) is 0.405. The molecule has 1 aliphatic heterocycles. The molecule has 4 heterocycles. The van der Waals surface area contributed by atoms with Crippen molar-refractivity contribution in [3.63, 3.8) is 0 Å². The highest BCUT2D eigenvalue weighted by atomic mass is 19.1. The van der Waals surface area contributed by atoms with Crippen molar-refractivity contribution in [2.24, 2.45) is 13.0 Å². The summed E-state index contributed by atoms with van der Waals surface area (Å²) >= 11 is 0. The van der Waals surface area contributed by atoms with E-state index >= 15 is 0 Å². The van der Waals surface area contributed by atoms with Crippen molar-refractivity contribution in [1.29, 1.82) is 0 Å². The van der Waals surface area contributed by atoms with E-state index in [1.165, 1.54) is 15.2 Å². The Labute approximate surface area is 278 Å². The molecular formula is C37H41FN6O4. The normalized spacial score (nSPS) is 18.8. The van der Waals surface area contributed by atoms with E-state index in [2.05, 4.69) is 21.0 Å². The molecule has 48 heavy (non-hydrogen) atoms. The Hall–Kier alpha value is -4.61. The monoisotopic (exact) mass is 652 g/mol. The van der Waals surface area contributed by atoms with Crippen LogP contribution >= 0.6 is 0 Å². The first-order valence-corrected chi connectivity index (χ1v) is 16.8. The van der Waals surface area contributed by atoms with Gasteiger partial charge in [0.05, 0.1) is 36.2 Å². The van der Waals surface area contributed by atoms with Gasteiger partial charge in [0.2, 0.25) is 0 Å². The number of hydrogen-bond donors (Lipinski definition) is 1. The van der Waals surface area contributed by atoms with Gasteiger partial charge in [-0.25, -0.2) is 18.7 Å². The summed E-state index contributed by atoms with van der Waals surface area (Å²) in [6.45, 7) is 5.60. The molecule has 1 saturated heterocycles. The fourth-order valence-corrected chi connectivity index (χ4v) is 7.34. The lowest BCUT2D eigenvalue weighted by atomic mass is 9.83. The molecule has 10 nitrogen and oxygen atoms in total. The van der Waals surface area contributed by atoms with Crippen LogP contribution in [-0.2, 0) is 24.8 Å². The molecule has 1 saturated carbocycles. The van der Waals surface area contributed by atoms with Crippen molar-refractivity contribution >= 4 is 11.0 Å². The van der Waals surface area contributed by atoms with Gasteiger partial charge in [-0.05, 0) is 104 Å². The van der Waals surface area contributed by atoms with Crippen LogP contribution in [0, 0.1) is 18.7 Å². The fourth-order valence-electron chi connectivity index (χ4n) is 7.34. The van der Waals surface area contributed by atoms with E-state index in [0.717, 1.165) is 73.0 Å². The zero-order valence-corrected chi connectivity index (χ0v) is 27.4. The van der Waals surface area contributed by atoms with E-state index in [0.29, 0.717) is 44.2 Å². The first kappa shape index (κ1) is 32.0. The van der Waals surface area contributed by atoms with Crippen molar-refractivity contribution in [2.45, 2.75) is 58.0 Å². The summed E-state index contributed by atoms with van der Waals surface area (Å²) in [5.74, 6) is 0.0327. The van der Waals surface area contributed by atoms with Gasteiger partial charge >= 0.3 is 5.69 Å². The van der Waals surface area contributed by atoms with Gasteiger partial charge in [-0.15, -0.1) is 0 Å². The molecule has 2 aromatic carbocycles. The second-order valence-corrected chi connectivity index (χ2v) is 13.2. The third kappa shape index (κ3) is 6.44. The Kier molecular flexibility index (Phi) is 8.98. The van der Waals surface area contributed by atoms with Crippen molar-refractivity contribution in [3.05, 3.63) is 104 Å². The van der Waals surface area contributed by atoms with Crippen LogP contribution < -0.4 is 11.2 Å². The number of aryl methyl sites for hydroxylation is 3. The summed E-state index contributed by atoms with van der Waals surface area (Å²) in [5, 5.41) is 15.0. The van der Waals surface area contributed by atoms with Crippen LogP contribution in [0.1, 0.15) is 55.1 Å². The van der Waals surface area contributed by atoms with Crippen molar-refractivity contribution in [3.8, 4) is 22.6 Å². The third-order valence-electron chi connectivity index (χ3n) is 10.0. The molecule has 5 aromatic rings. The van der Waals surface area contributed by atoms with Gasteiger partial charge in [0.25, 0.3) is 5.56 Å². The molecule has 0 spiro atoms. The second kappa shape index (κ2) is 13.5. The Balaban J connectivity index is 1.22. The minimum Gasteiger partial charge on any atom is -0.508 e. The second-order valence-electron chi connectivity index (χ2n) is 13.2. The molecular weight excluding hydrogens is 611 g/mol. The quantitative estimate of drug-likeness (QED) is 0.243. The number of pyridine rings is 1. The third-order valence-corrected chi connectivity index (χ3v) is 10.0. The highest BCUT2D eigenvalue weighted by Crippen LogP contribution is 2.34. The Morgan fingerprint density at radius 2 is 1.79 bits per heavy atom. The maximum Gasteiger partial charge on any atom is 0.337 e. The van der Waals surface area contributed by atoms with Crippen LogP contribution in [0.4, 0.5) is 4.39 Å². The number of nitrogens with zero attached hydrogens (tertiary/aromatic N) is 6. The number of rotatable bonds is 8. The summed E-state index contributed by atoms with van der Waals surface area (Å²) in [5.41, 5.74) is 4.61. The highest BCUT2D eigenvalue weighted by molar-refractivity contribution is 5.77. The maximum absolute atomic E-state index is 14.5. The predicted octanol–water partition coefficient (Wildman–Crippen LogP) is 5.30. The van der Waals surface area contributed by atoms with Crippen LogP contribution in [0.2, 0.25) is 0 Å². The molecule has 250 valence electrons. The Bertz CT molecular complexity index is 2050. The topological polar surface area (TPSA) is 107 Å². The molecule has 0 atom stereocenters. The molecule has 3 aromatic heterocycles. The molecule has 2 fully saturated rings. The summed E-state index contributed by atoms with van der Waals surface area (Å²) in [4.78, 5) is 34.8. The molecule has 0 amide bonds. The molecule has 0 bridgehead atoms. The van der Waals surface area contributed by atoms with Crippen molar-refractivity contribution in [1.82, 2.24) is 28.8 Å². The van der Waals surface area contributed by atoms with E-state index < -0.39 is 17.1 Å². The van der Waals surface area contributed by atoms with Gasteiger partial charge in [-0.1, -0.05) is 18.2 Å².